The SMILES string of the molecule is C#Cc1ccc(C(=O)OC[C@@H]2O[C@H](COC)[C@@H](OCC)[C@@H]2OCC)cc1. The van der Waals surface area contributed by atoms with Gasteiger partial charge in [-0.3, -0.25) is 0 Å². The predicted molar refractivity (Wildman–Crippen MR) is 96.0 cm³/mol. The topological polar surface area (TPSA) is 63.2 Å². The molecular formula is C20H26O6. The summed E-state index contributed by atoms with van der Waals surface area (Å²) in [6, 6.07) is 6.68. The van der Waals surface area contributed by atoms with Gasteiger partial charge in [-0.05, 0) is 38.1 Å². The number of rotatable bonds is 9. The molecule has 2 rings (SSSR count). The second-order valence-corrected chi connectivity index (χ2v) is 5.83. The first-order chi connectivity index (χ1) is 12.6. The Bertz CT molecular complexity index is 606. The molecule has 142 valence electrons. The van der Waals surface area contributed by atoms with Gasteiger partial charge in [-0.15, -0.1) is 6.42 Å². The van der Waals surface area contributed by atoms with Gasteiger partial charge in [0.25, 0.3) is 0 Å². The third-order valence-electron chi connectivity index (χ3n) is 4.12. The monoisotopic (exact) mass is 362 g/mol. The van der Waals surface area contributed by atoms with Crippen LogP contribution in [-0.4, -0.2) is 63.9 Å². The second-order valence-electron chi connectivity index (χ2n) is 5.83. The van der Waals surface area contributed by atoms with Crippen LogP contribution >= 0.6 is 0 Å². The van der Waals surface area contributed by atoms with E-state index in [0.717, 1.165) is 0 Å². The van der Waals surface area contributed by atoms with Crippen LogP contribution in [-0.2, 0) is 23.7 Å². The number of carbonyl (C=O) groups excluding carboxylic acids is 1. The van der Waals surface area contributed by atoms with Gasteiger partial charge in [0.15, 0.2) is 0 Å². The van der Waals surface area contributed by atoms with Crippen molar-refractivity contribution < 1.29 is 28.5 Å². The van der Waals surface area contributed by atoms with E-state index in [1.54, 1.807) is 31.4 Å². The lowest BCUT2D eigenvalue weighted by Crippen LogP contribution is -2.40. The molecule has 0 N–H and O–H groups in total. The lowest BCUT2D eigenvalue weighted by Gasteiger charge is -2.23. The molecule has 26 heavy (non-hydrogen) atoms. The standard InChI is InChI=1S/C20H26O6/c1-5-14-8-10-15(11-9-14)20(21)25-13-17-19(24-7-3)18(23-6-2)16(26-17)12-22-4/h1,8-11,16-19H,6-7,12-13H2,2-4H3/t16-,17+,18-,19-/m1/s1. The Morgan fingerprint density at radius 3 is 2.15 bits per heavy atom. The van der Waals surface area contributed by atoms with E-state index in [4.69, 9.17) is 30.1 Å². The first-order valence-corrected chi connectivity index (χ1v) is 8.75. The predicted octanol–water partition coefficient (Wildman–Crippen LogP) is 2.05. The molecule has 0 unspecified atom stereocenters. The summed E-state index contributed by atoms with van der Waals surface area (Å²) in [6.45, 7) is 5.32. The summed E-state index contributed by atoms with van der Waals surface area (Å²) in [6.07, 6.45) is 4.05. The van der Waals surface area contributed by atoms with Crippen molar-refractivity contribution in [2.75, 3.05) is 33.5 Å². The van der Waals surface area contributed by atoms with Crippen LogP contribution in [0.3, 0.4) is 0 Å². The molecule has 6 nitrogen and oxygen atoms in total. The largest absolute Gasteiger partial charge is 0.459 e. The van der Waals surface area contributed by atoms with Gasteiger partial charge in [0.05, 0.1) is 12.2 Å². The normalized spacial score (nSPS) is 25.0. The van der Waals surface area contributed by atoms with Gasteiger partial charge in [0.1, 0.15) is 31.0 Å². The van der Waals surface area contributed by atoms with E-state index in [-0.39, 0.29) is 24.9 Å². The summed E-state index contributed by atoms with van der Waals surface area (Å²) >= 11 is 0. The third-order valence-corrected chi connectivity index (χ3v) is 4.12. The molecule has 0 spiro atoms. The maximum Gasteiger partial charge on any atom is 0.338 e. The number of terminal acetylenes is 1. The molecule has 6 heteroatoms. The summed E-state index contributed by atoms with van der Waals surface area (Å²) in [5, 5.41) is 0. The molecule has 1 aliphatic rings. The zero-order chi connectivity index (χ0) is 18.9. The maximum absolute atomic E-state index is 12.3. The van der Waals surface area contributed by atoms with Crippen molar-refractivity contribution in [2.45, 2.75) is 38.3 Å². The van der Waals surface area contributed by atoms with Crippen LogP contribution in [0.4, 0.5) is 0 Å². The highest BCUT2D eigenvalue weighted by Crippen LogP contribution is 2.27. The molecule has 0 bridgehead atoms. The molecule has 1 saturated heterocycles. The van der Waals surface area contributed by atoms with E-state index in [9.17, 15) is 4.79 Å². The molecule has 0 aromatic heterocycles. The number of hydrogen-bond acceptors (Lipinski definition) is 6. The Morgan fingerprint density at radius 1 is 1.08 bits per heavy atom. The lowest BCUT2D eigenvalue weighted by atomic mass is 10.1. The van der Waals surface area contributed by atoms with Crippen LogP contribution in [0.15, 0.2) is 24.3 Å². The summed E-state index contributed by atoms with van der Waals surface area (Å²) < 4.78 is 28.2. The molecule has 1 aromatic carbocycles. The van der Waals surface area contributed by atoms with Gasteiger partial charge in [0, 0.05) is 25.9 Å². The smallest absolute Gasteiger partial charge is 0.338 e. The summed E-state index contributed by atoms with van der Waals surface area (Å²) in [5.41, 5.74) is 1.14. The Morgan fingerprint density at radius 2 is 1.65 bits per heavy atom. The minimum Gasteiger partial charge on any atom is -0.459 e. The zero-order valence-corrected chi connectivity index (χ0v) is 15.5. The fourth-order valence-corrected chi connectivity index (χ4v) is 2.97. The third kappa shape index (κ3) is 5.05. The highest BCUT2D eigenvalue weighted by atomic mass is 16.6. The fraction of sp³-hybridized carbons (Fsp3) is 0.550. The van der Waals surface area contributed by atoms with Crippen molar-refractivity contribution in [1.82, 2.24) is 0 Å². The van der Waals surface area contributed by atoms with Gasteiger partial charge in [0.2, 0.25) is 0 Å². The molecule has 0 radical (unpaired) electrons. The number of esters is 1. The van der Waals surface area contributed by atoms with Crippen LogP contribution < -0.4 is 0 Å². The highest BCUT2D eigenvalue weighted by Gasteiger charge is 2.46. The van der Waals surface area contributed by atoms with E-state index < -0.39 is 12.1 Å². The molecule has 0 aliphatic carbocycles. The molecule has 1 aliphatic heterocycles. The van der Waals surface area contributed by atoms with E-state index >= 15 is 0 Å². The van der Waals surface area contributed by atoms with Crippen molar-refractivity contribution in [1.29, 1.82) is 0 Å². The molecule has 1 aromatic rings. The minimum absolute atomic E-state index is 0.0736. The molecular weight excluding hydrogens is 336 g/mol. The fourth-order valence-electron chi connectivity index (χ4n) is 2.97. The van der Waals surface area contributed by atoms with Crippen LogP contribution in [0.2, 0.25) is 0 Å². The van der Waals surface area contributed by atoms with Gasteiger partial charge in [-0.2, -0.15) is 0 Å². The molecule has 4 atom stereocenters. The Labute approximate surface area is 154 Å². The summed E-state index contributed by atoms with van der Waals surface area (Å²) in [5.74, 6) is 2.07. The average Bonchev–Trinajstić information content (AvgIpc) is 2.97. The first-order valence-electron chi connectivity index (χ1n) is 8.75. The zero-order valence-electron chi connectivity index (χ0n) is 15.5. The summed E-state index contributed by atoms with van der Waals surface area (Å²) in [4.78, 5) is 12.3. The van der Waals surface area contributed by atoms with Gasteiger partial charge < -0.3 is 23.7 Å². The van der Waals surface area contributed by atoms with Crippen molar-refractivity contribution >= 4 is 5.97 Å². The maximum atomic E-state index is 12.3. The van der Waals surface area contributed by atoms with Gasteiger partial charge in [-0.1, -0.05) is 5.92 Å². The number of hydrogen-bond donors (Lipinski definition) is 0. The van der Waals surface area contributed by atoms with E-state index in [0.29, 0.717) is 30.9 Å². The molecule has 1 fully saturated rings. The minimum atomic E-state index is -0.435. The van der Waals surface area contributed by atoms with Crippen LogP contribution in [0.1, 0.15) is 29.8 Å². The number of ether oxygens (including phenoxy) is 5. The van der Waals surface area contributed by atoms with Crippen molar-refractivity contribution in [2.24, 2.45) is 0 Å². The number of carbonyl (C=O) groups is 1. The Balaban J connectivity index is 2.01. The average molecular weight is 362 g/mol. The first kappa shape index (κ1) is 20.4. The highest BCUT2D eigenvalue weighted by molar-refractivity contribution is 5.89. The van der Waals surface area contributed by atoms with Crippen LogP contribution in [0.5, 0.6) is 0 Å². The number of methoxy groups -OCH3 is 1. The quantitative estimate of drug-likeness (QED) is 0.495. The van der Waals surface area contributed by atoms with E-state index in [2.05, 4.69) is 5.92 Å². The van der Waals surface area contributed by atoms with Crippen LogP contribution in [0.25, 0.3) is 0 Å². The van der Waals surface area contributed by atoms with Crippen LogP contribution in [0, 0.1) is 12.3 Å². The second kappa shape index (κ2) is 10.3. The van der Waals surface area contributed by atoms with E-state index in [1.807, 2.05) is 13.8 Å². The number of benzene rings is 1. The lowest BCUT2D eigenvalue weighted by molar-refractivity contribution is -0.0699. The molecule has 0 amide bonds. The van der Waals surface area contributed by atoms with Gasteiger partial charge in [-0.25, -0.2) is 4.79 Å². The molecule has 1 heterocycles. The van der Waals surface area contributed by atoms with Crippen molar-refractivity contribution in [3.8, 4) is 12.3 Å². The van der Waals surface area contributed by atoms with Crippen molar-refractivity contribution in [3.63, 3.8) is 0 Å². The molecule has 0 saturated carbocycles. The summed E-state index contributed by atoms with van der Waals surface area (Å²) in [7, 11) is 1.61. The van der Waals surface area contributed by atoms with E-state index in [1.165, 1.54) is 0 Å². The Kier molecular flexibility index (Phi) is 8.07. The Hall–Kier alpha value is -1.91. The van der Waals surface area contributed by atoms with Gasteiger partial charge >= 0.3 is 5.97 Å². The van der Waals surface area contributed by atoms with Crippen molar-refractivity contribution in [3.05, 3.63) is 35.4 Å².